The van der Waals surface area contributed by atoms with Gasteiger partial charge in [0, 0.05) is 4.48 Å². The first-order valence-corrected chi connectivity index (χ1v) is 5.56. The van der Waals surface area contributed by atoms with Crippen molar-refractivity contribution in [2.45, 2.75) is 17.7 Å². The molecule has 0 fully saturated rings. The number of hydrogen-bond acceptors (Lipinski definition) is 2. The van der Waals surface area contributed by atoms with Crippen molar-refractivity contribution in [1.29, 1.82) is 0 Å². The maximum absolute atomic E-state index is 10.7. The number of ether oxygens (including phenoxy) is 1. The van der Waals surface area contributed by atoms with E-state index in [1.54, 1.807) is 7.11 Å². The lowest BCUT2D eigenvalue weighted by Gasteiger charge is -2.25. The number of rotatable bonds is 2. The third kappa shape index (κ3) is 2.47. The first-order chi connectivity index (χ1) is 6.06. The van der Waals surface area contributed by atoms with Gasteiger partial charge in [-0.15, -0.1) is 0 Å². The molecule has 0 amide bonds. The van der Waals surface area contributed by atoms with Gasteiger partial charge in [-0.3, -0.25) is 4.79 Å². The molecule has 0 saturated heterocycles. The quantitative estimate of drug-likeness (QED) is 0.797. The number of methoxy groups -OCH3 is 1. The summed E-state index contributed by atoms with van der Waals surface area (Å²) in [5, 5.41) is 8.83. The highest BCUT2D eigenvalue weighted by Crippen LogP contribution is 2.37. The van der Waals surface area contributed by atoms with Gasteiger partial charge in [-0.25, -0.2) is 0 Å². The van der Waals surface area contributed by atoms with Crippen molar-refractivity contribution in [1.82, 2.24) is 0 Å². The summed E-state index contributed by atoms with van der Waals surface area (Å²) < 4.78 is 5.98. The summed E-state index contributed by atoms with van der Waals surface area (Å²) in [6.07, 6.45) is 1.09. The average Bonchev–Trinajstić information content (AvgIpc) is 2.03. The van der Waals surface area contributed by atoms with Gasteiger partial charge >= 0.3 is 5.97 Å². The molecule has 2 atom stereocenters. The Balaban J connectivity index is 2.81. The van der Waals surface area contributed by atoms with E-state index < -0.39 is 5.97 Å². The number of carboxylic acid groups (broad SMARTS) is 1. The molecule has 2 unspecified atom stereocenters. The zero-order valence-electron chi connectivity index (χ0n) is 7.09. The Bertz CT molecular complexity index is 250. The van der Waals surface area contributed by atoms with Crippen LogP contribution in [0.25, 0.3) is 0 Å². The van der Waals surface area contributed by atoms with Crippen LogP contribution in [-0.2, 0) is 9.53 Å². The zero-order chi connectivity index (χ0) is 10.0. The molecular formula is C8H10Br2O3. The van der Waals surface area contributed by atoms with E-state index in [-0.39, 0.29) is 10.7 Å². The van der Waals surface area contributed by atoms with Gasteiger partial charge < -0.3 is 9.84 Å². The number of allylic oxidation sites excluding steroid dienone is 2. The predicted molar refractivity (Wildman–Crippen MR) is 56.0 cm³/mol. The smallest absolute Gasteiger partial charge is 0.306 e. The van der Waals surface area contributed by atoms with E-state index in [9.17, 15) is 4.79 Å². The Morgan fingerprint density at radius 1 is 1.69 bits per heavy atom. The molecule has 0 bridgehead atoms. The topological polar surface area (TPSA) is 46.5 Å². The first-order valence-electron chi connectivity index (χ1n) is 3.85. The lowest BCUT2D eigenvalue weighted by atomic mass is 9.93. The van der Waals surface area contributed by atoms with Crippen LogP contribution in [0, 0.1) is 5.92 Å². The van der Waals surface area contributed by atoms with Crippen LogP contribution in [0.3, 0.4) is 0 Å². The molecule has 0 spiro atoms. The van der Waals surface area contributed by atoms with Crippen LogP contribution in [0.1, 0.15) is 12.8 Å². The molecule has 0 heterocycles. The van der Waals surface area contributed by atoms with E-state index in [4.69, 9.17) is 9.84 Å². The number of halogens is 2. The minimum absolute atomic E-state index is 0.00160. The van der Waals surface area contributed by atoms with Gasteiger partial charge in [0.15, 0.2) is 0 Å². The highest BCUT2D eigenvalue weighted by molar-refractivity contribution is 9.12. The number of carboxylic acids is 1. The van der Waals surface area contributed by atoms with Gasteiger partial charge in [0.05, 0.1) is 17.9 Å². The standard InChI is InChI=1S/C8H10Br2O3/c1-13-7-5(9)2-4(8(11)12)3-6(7)10/h4-5H,2-3H2,1H3,(H,11,12). The molecule has 0 saturated carbocycles. The van der Waals surface area contributed by atoms with Crippen molar-refractivity contribution in [3.8, 4) is 0 Å². The Kier molecular flexibility index (Phi) is 3.79. The second-order valence-electron chi connectivity index (χ2n) is 2.92. The Morgan fingerprint density at radius 2 is 2.31 bits per heavy atom. The van der Waals surface area contributed by atoms with Gasteiger partial charge in [-0.2, -0.15) is 0 Å². The van der Waals surface area contributed by atoms with Crippen molar-refractivity contribution >= 4 is 37.8 Å². The normalized spacial score (nSPS) is 28.8. The van der Waals surface area contributed by atoms with Crippen LogP contribution < -0.4 is 0 Å². The van der Waals surface area contributed by atoms with E-state index >= 15 is 0 Å². The van der Waals surface area contributed by atoms with Crippen LogP contribution in [0.5, 0.6) is 0 Å². The molecule has 1 aliphatic rings. The van der Waals surface area contributed by atoms with E-state index in [1.165, 1.54) is 0 Å². The van der Waals surface area contributed by atoms with Crippen LogP contribution >= 0.6 is 31.9 Å². The SMILES string of the molecule is COC1=C(Br)CC(C(=O)O)CC1Br. The zero-order valence-corrected chi connectivity index (χ0v) is 10.3. The Labute approximate surface area is 93.4 Å². The third-order valence-corrected chi connectivity index (χ3v) is 3.54. The number of carbonyl (C=O) groups is 1. The van der Waals surface area contributed by atoms with Crippen LogP contribution in [0.4, 0.5) is 0 Å². The summed E-state index contributed by atoms with van der Waals surface area (Å²) in [4.78, 5) is 10.7. The summed E-state index contributed by atoms with van der Waals surface area (Å²) in [7, 11) is 1.59. The Hall–Kier alpha value is -0.0300. The number of alkyl halides is 1. The largest absolute Gasteiger partial charge is 0.499 e. The lowest BCUT2D eigenvalue weighted by Crippen LogP contribution is -2.24. The fourth-order valence-electron chi connectivity index (χ4n) is 1.35. The molecular weight excluding hydrogens is 304 g/mol. The molecule has 0 aromatic carbocycles. The van der Waals surface area contributed by atoms with Gasteiger partial charge in [0.2, 0.25) is 0 Å². The fourth-order valence-corrected chi connectivity index (χ4v) is 3.40. The van der Waals surface area contributed by atoms with E-state index in [0.29, 0.717) is 12.8 Å². The third-order valence-electron chi connectivity index (χ3n) is 2.04. The highest BCUT2D eigenvalue weighted by atomic mass is 79.9. The highest BCUT2D eigenvalue weighted by Gasteiger charge is 2.31. The van der Waals surface area contributed by atoms with Crippen LogP contribution in [0.15, 0.2) is 10.2 Å². The molecule has 1 rings (SSSR count). The number of aliphatic carboxylic acids is 1. The fraction of sp³-hybridized carbons (Fsp3) is 0.625. The molecule has 0 radical (unpaired) electrons. The van der Waals surface area contributed by atoms with Crippen molar-refractivity contribution in [3.05, 3.63) is 10.2 Å². The van der Waals surface area contributed by atoms with Gasteiger partial charge in [-0.05, 0) is 12.8 Å². The van der Waals surface area contributed by atoms with E-state index in [0.717, 1.165) is 10.2 Å². The minimum atomic E-state index is -0.753. The average molecular weight is 314 g/mol. The second kappa shape index (κ2) is 4.46. The Morgan fingerprint density at radius 3 is 2.69 bits per heavy atom. The second-order valence-corrected chi connectivity index (χ2v) is 4.98. The molecule has 5 heteroatoms. The summed E-state index contributed by atoms with van der Waals surface area (Å²) in [5.74, 6) is -0.272. The predicted octanol–water partition coefficient (Wildman–Crippen LogP) is 2.50. The molecule has 3 nitrogen and oxygen atoms in total. The van der Waals surface area contributed by atoms with Crippen molar-refractivity contribution < 1.29 is 14.6 Å². The summed E-state index contributed by atoms with van der Waals surface area (Å²) in [6.45, 7) is 0. The number of hydrogen-bond donors (Lipinski definition) is 1. The molecule has 74 valence electrons. The van der Waals surface area contributed by atoms with Gasteiger partial charge in [-0.1, -0.05) is 31.9 Å². The summed E-state index contributed by atoms with van der Waals surface area (Å²) in [5.41, 5.74) is 0. The van der Waals surface area contributed by atoms with Crippen molar-refractivity contribution in [3.63, 3.8) is 0 Å². The van der Waals surface area contributed by atoms with E-state index in [2.05, 4.69) is 31.9 Å². The molecule has 0 aliphatic heterocycles. The summed E-state index contributed by atoms with van der Waals surface area (Å²) in [6, 6.07) is 0. The van der Waals surface area contributed by atoms with E-state index in [1.807, 2.05) is 0 Å². The van der Waals surface area contributed by atoms with Crippen molar-refractivity contribution in [2.24, 2.45) is 5.92 Å². The first kappa shape index (κ1) is 11.0. The molecule has 13 heavy (non-hydrogen) atoms. The maximum Gasteiger partial charge on any atom is 0.306 e. The lowest BCUT2D eigenvalue weighted by molar-refractivity contribution is -0.142. The van der Waals surface area contributed by atoms with Crippen LogP contribution in [-0.4, -0.2) is 23.0 Å². The minimum Gasteiger partial charge on any atom is -0.499 e. The monoisotopic (exact) mass is 312 g/mol. The maximum atomic E-state index is 10.7. The van der Waals surface area contributed by atoms with Crippen LogP contribution in [0.2, 0.25) is 0 Å². The molecule has 1 N–H and O–H groups in total. The summed E-state index contributed by atoms with van der Waals surface area (Å²) >= 11 is 6.71. The molecule has 0 aromatic rings. The van der Waals surface area contributed by atoms with Crippen molar-refractivity contribution in [2.75, 3.05) is 7.11 Å². The molecule has 0 aromatic heterocycles. The van der Waals surface area contributed by atoms with Gasteiger partial charge in [0.1, 0.15) is 5.76 Å². The van der Waals surface area contributed by atoms with Gasteiger partial charge in [0.25, 0.3) is 0 Å². The molecule has 1 aliphatic carbocycles.